The van der Waals surface area contributed by atoms with Crippen molar-refractivity contribution in [2.75, 3.05) is 13.1 Å². The molecule has 0 spiro atoms. The fraction of sp³-hybridized carbons (Fsp3) is 0.500. The summed E-state index contributed by atoms with van der Waals surface area (Å²) in [7, 11) is 0. The van der Waals surface area contributed by atoms with E-state index in [1.807, 2.05) is 30.3 Å². The fourth-order valence-corrected chi connectivity index (χ4v) is 2.77. The third-order valence-corrected chi connectivity index (χ3v) is 3.76. The molecule has 2 rings (SSSR count). The van der Waals surface area contributed by atoms with Crippen LogP contribution in [0.5, 0.6) is 0 Å². The Morgan fingerprint density at radius 1 is 1.38 bits per heavy atom. The maximum Gasteiger partial charge on any atom is 0.239 e. The Bertz CT molecular complexity index is 490. The zero-order valence-corrected chi connectivity index (χ0v) is 12.4. The molecule has 1 heterocycles. The molecule has 1 unspecified atom stereocenters. The summed E-state index contributed by atoms with van der Waals surface area (Å²) in [5, 5.41) is 2.88. The van der Waals surface area contributed by atoms with Crippen molar-refractivity contribution in [3.8, 4) is 0 Å². The summed E-state index contributed by atoms with van der Waals surface area (Å²) >= 11 is 0. The highest BCUT2D eigenvalue weighted by Gasteiger charge is 2.27. The lowest BCUT2D eigenvalue weighted by Crippen LogP contribution is -2.53. The number of benzene rings is 1. The minimum atomic E-state index is -0.525. The molecule has 3 N–H and O–H groups in total. The minimum absolute atomic E-state index is 0.0334. The molecule has 5 nitrogen and oxygen atoms in total. The molecule has 1 aliphatic heterocycles. The van der Waals surface area contributed by atoms with Crippen LogP contribution >= 0.6 is 0 Å². The summed E-state index contributed by atoms with van der Waals surface area (Å²) in [5.74, 6) is -0.0863. The maximum atomic E-state index is 12.4. The van der Waals surface area contributed by atoms with Gasteiger partial charge in [0.2, 0.25) is 11.8 Å². The molecule has 0 aromatic heterocycles. The van der Waals surface area contributed by atoms with Crippen LogP contribution in [0, 0.1) is 0 Å². The first-order chi connectivity index (χ1) is 10.1. The smallest absolute Gasteiger partial charge is 0.239 e. The van der Waals surface area contributed by atoms with Crippen molar-refractivity contribution < 1.29 is 9.59 Å². The third-order valence-electron chi connectivity index (χ3n) is 3.76. The lowest BCUT2D eigenvalue weighted by Gasteiger charge is -2.34. The predicted octanol–water partition coefficient (Wildman–Crippen LogP) is 0.684. The van der Waals surface area contributed by atoms with Crippen LogP contribution in [-0.4, -0.2) is 41.9 Å². The number of nitrogens with two attached hydrogens (primary N) is 1. The molecule has 2 amide bonds. The van der Waals surface area contributed by atoms with E-state index in [4.69, 9.17) is 5.73 Å². The van der Waals surface area contributed by atoms with Crippen LogP contribution in [0.15, 0.2) is 30.3 Å². The van der Waals surface area contributed by atoms with E-state index in [2.05, 4.69) is 5.32 Å². The number of hydrogen-bond acceptors (Lipinski definition) is 3. The summed E-state index contributed by atoms with van der Waals surface area (Å²) in [4.78, 5) is 25.3. The van der Waals surface area contributed by atoms with Gasteiger partial charge in [-0.05, 0) is 24.8 Å². The Morgan fingerprint density at radius 2 is 2.10 bits per heavy atom. The molecule has 5 heteroatoms. The first kappa shape index (κ1) is 15.5. The van der Waals surface area contributed by atoms with E-state index in [0.29, 0.717) is 13.0 Å². The Hall–Kier alpha value is -1.88. The first-order valence-corrected chi connectivity index (χ1v) is 7.41. The lowest BCUT2D eigenvalue weighted by molar-refractivity contribution is -0.134. The van der Waals surface area contributed by atoms with Crippen molar-refractivity contribution in [3.05, 3.63) is 35.9 Å². The summed E-state index contributed by atoms with van der Waals surface area (Å²) in [5.41, 5.74) is 7.11. The van der Waals surface area contributed by atoms with Crippen LogP contribution in [-0.2, 0) is 16.0 Å². The van der Waals surface area contributed by atoms with Gasteiger partial charge in [-0.25, -0.2) is 0 Å². The van der Waals surface area contributed by atoms with Crippen LogP contribution in [0.4, 0.5) is 0 Å². The highest BCUT2D eigenvalue weighted by Crippen LogP contribution is 2.12. The molecule has 1 aromatic carbocycles. The molecule has 1 aliphatic rings. The van der Waals surface area contributed by atoms with Crippen molar-refractivity contribution in [2.45, 2.75) is 38.3 Å². The molecule has 1 saturated heterocycles. The van der Waals surface area contributed by atoms with E-state index in [0.717, 1.165) is 24.9 Å². The molecule has 0 bridgehead atoms. The molecular formula is C16H23N3O2. The standard InChI is InChI=1S/C16H23N3O2/c1-12(20)18-14-8-5-9-19(11-14)16(21)15(17)10-13-6-3-2-4-7-13/h2-4,6-7,14-15H,5,8-11,17H2,1H3,(H,18,20)/t14?,15-/m1/s1. The number of carbonyl (C=O) groups is 2. The van der Waals surface area contributed by atoms with Crippen molar-refractivity contribution in [2.24, 2.45) is 5.73 Å². The van der Waals surface area contributed by atoms with E-state index < -0.39 is 6.04 Å². The molecule has 114 valence electrons. The Labute approximate surface area is 125 Å². The van der Waals surface area contributed by atoms with Crippen molar-refractivity contribution in [1.82, 2.24) is 10.2 Å². The first-order valence-electron chi connectivity index (χ1n) is 7.41. The number of likely N-dealkylation sites (tertiary alicyclic amines) is 1. The quantitative estimate of drug-likeness (QED) is 0.856. The summed E-state index contributed by atoms with van der Waals surface area (Å²) in [6.07, 6.45) is 2.35. The van der Waals surface area contributed by atoms with Gasteiger partial charge >= 0.3 is 0 Å². The van der Waals surface area contributed by atoms with Crippen molar-refractivity contribution >= 4 is 11.8 Å². The molecule has 21 heavy (non-hydrogen) atoms. The molecular weight excluding hydrogens is 266 g/mol. The van der Waals surface area contributed by atoms with Crippen LogP contribution in [0.25, 0.3) is 0 Å². The average Bonchev–Trinajstić information content (AvgIpc) is 2.47. The van der Waals surface area contributed by atoms with Gasteiger partial charge in [-0.2, -0.15) is 0 Å². The lowest BCUT2D eigenvalue weighted by atomic mass is 10.0. The van der Waals surface area contributed by atoms with E-state index in [-0.39, 0.29) is 17.9 Å². The number of nitrogens with zero attached hydrogens (tertiary/aromatic N) is 1. The normalized spacial score (nSPS) is 19.9. The second-order valence-electron chi connectivity index (χ2n) is 5.62. The molecule has 1 aromatic rings. The summed E-state index contributed by atoms with van der Waals surface area (Å²) in [6.45, 7) is 2.78. The van der Waals surface area contributed by atoms with Crippen LogP contribution in [0.2, 0.25) is 0 Å². The molecule has 0 radical (unpaired) electrons. The van der Waals surface area contributed by atoms with Gasteiger partial charge in [-0.15, -0.1) is 0 Å². The maximum absolute atomic E-state index is 12.4. The van der Waals surface area contributed by atoms with E-state index in [1.54, 1.807) is 4.90 Å². The summed E-state index contributed by atoms with van der Waals surface area (Å²) in [6, 6.07) is 9.31. The Balaban J connectivity index is 1.91. The average molecular weight is 289 g/mol. The number of nitrogens with one attached hydrogen (secondary N) is 1. The van der Waals surface area contributed by atoms with Crippen molar-refractivity contribution in [3.63, 3.8) is 0 Å². The van der Waals surface area contributed by atoms with Gasteiger partial charge in [0.25, 0.3) is 0 Å². The Morgan fingerprint density at radius 3 is 2.76 bits per heavy atom. The highest BCUT2D eigenvalue weighted by molar-refractivity contribution is 5.82. The van der Waals surface area contributed by atoms with Crippen LogP contribution < -0.4 is 11.1 Å². The number of hydrogen-bond donors (Lipinski definition) is 2. The number of carbonyl (C=O) groups excluding carboxylic acids is 2. The number of piperidine rings is 1. The molecule has 0 aliphatic carbocycles. The van der Waals surface area contributed by atoms with Gasteiger partial charge in [0.15, 0.2) is 0 Å². The zero-order valence-electron chi connectivity index (χ0n) is 12.4. The van der Waals surface area contributed by atoms with Gasteiger partial charge in [0.1, 0.15) is 0 Å². The van der Waals surface area contributed by atoms with Gasteiger partial charge in [0, 0.05) is 26.1 Å². The topological polar surface area (TPSA) is 75.4 Å². The third kappa shape index (κ3) is 4.56. The fourth-order valence-electron chi connectivity index (χ4n) is 2.77. The zero-order chi connectivity index (χ0) is 15.2. The van der Waals surface area contributed by atoms with Crippen LogP contribution in [0.1, 0.15) is 25.3 Å². The van der Waals surface area contributed by atoms with Gasteiger partial charge in [0.05, 0.1) is 6.04 Å². The number of amides is 2. The van der Waals surface area contributed by atoms with E-state index in [9.17, 15) is 9.59 Å². The van der Waals surface area contributed by atoms with E-state index >= 15 is 0 Å². The predicted molar refractivity (Wildman–Crippen MR) is 81.5 cm³/mol. The summed E-state index contributed by atoms with van der Waals surface area (Å²) < 4.78 is 0. The molecule has 2 atom stereocenters. The van der Waals surface area contributed by atoms with Crippen LogP contribution in [0.3, 0.4) is 0 Å². The number of rotatable bonds is 4. The molecule has 1 fully saturated rings. The largest absolute Gasteiger partial charge is 0.352 e. The van der Waals surface area contributed by atoms with Gasteiger partial charge in [-0.3, -0.25) is 9.59 Å². The second-order valence-corrected chi connectivity index (χ2v) is 5.62. The second kappa shape index (κ2) is 7.22. The van der Waals surface area contributed by atoms with Crippen molar-refractivity contribution in [1.29, 1.82) is 0 Å². The SMILES string of the molecule is CC(=O)NC1CCCN(C(=O)[C@H](N)Cc2ccccc2)C1. The molecule has 0 saturated carbocycles. The minimum Gasteiger partial charge on any atom is -0.352 e. The monoisotopic (exact) mass is 289 g/mol. The van der Waals surface area contributed by atoms with Gasteiger partial charge < -0.3 is 16.0 Å². The van der Waals surface area contributed by atoms with E-state index in [1.165, 1.54) is 6.92 Å². The Kier molecular flexibility index (Phi) is 5.33. The highest BCUT2D eigenvalue weighted by atomic mass is 16.2. The van der Waals surface area contributed by atoms with Gasteiger partial charge in [-0.1, -0.05) is 30.3 Å².